The number of nitrogens with zero attached hydrogens (tertiary/aromatic N) is 4. The summed E-state index contributed by atoms with van der Waals surface area (Å²) in [5.41, 5.74) is 1.01. The summed E-state index contributed by atoms with van der Waals surface area (Å²) < 4.78 is 21.3. The van der Waals surface area contributed by atoms with E-state index in [-0.39, 0.29) is 5.91 Å². The number of ether oxygens (including phenoxy) is 1. The largest absolute Gasteiger partial charge is 0.457 e. The smallest absolute Gasteiger partial charge is 0.257 e. The van der Waals surface area contributed by atoms with Crippen LogP contribution in [0.25, 0.3) is 10.9 Å². The maximum atomic E-state index is 12.8. The molecule has 1 unspecified atom stereocenters. The van der Waals surface area contributed by atoms with Gasteiger partial charge in [0.25, 0.3) is 5.91 Å². The maximum absolute atomic E-state index is 12.8. The first kappa shape index (κ1) is 20.6. The highest BCUT2D eigenvalue weighted by molar-refractivity contribution is 7.98. The van der Waals surface area contributed by atoms with E-state index in [0.717, 1.165) is 5.39 Å². The standard InChI is InChI=1S/C21H22N6O3S/c1-4-27-13-17-18(24-27)11-14(21(28)23-20-9-10-26(2)25-20)12-19(17)30-15-5-7-16(8-6-15)31(3,22)29/h5-13H,3-4H2,1-2H3,(H2,22,29)(H,23,25,28). The van der Waals surface area contributed by atoms with Crippen LogP contribution in [-0.4, -0.2) is 35.5 Å². The van der Waals surface area contributed by atoms with Crippen LogP contribution < -0.4 is 15.2 Å². The number of anilines is 1. The topological polar surface area (TPSA) is 117 Å². The Morgan fingerprint density at radius 1 is 1.23 bits per heavy atom. The summed E-state index contributed by atoms with van der Waals surface area (Å²) in [6.45, 7) is 2.65. The van der Waals surface area contributed by atoms with Gasteiger partial charge in [0.05, 0.1) is 20.6 Å². The molecule has 0 fully saturated rings. The molecule has 0 saturated carbocycles. The monoisotopic (exact) mass is 438 g/mol. The highest BCUT2D eigenvalue weighted by Crippen LogP contribution is 2.32. The molecule has 2 aromatic carbocycles. The van der Waals surface area contributed by atoms with Crippen LogP contribution >= 0.6 is 0 Å². The van der Waals surface area contributed by atoms with Gasteiger partial charge in [-0.3, -0.25) is 19.3 Å². The Bertz CT molecular complexity index is 1370. The zero-order valence-electron chi connectivity index (χ0n) is 17.1. The van der Waals surface area contributed by atoms with E-state index in [9.17, 15) is 9.00 Å². The van der Waals surface area contributed by atoms with Gasteiger partial charge in [-0.05, 0) is 49.2 Å². The van der Waals surface area contributed by atoms with Crippen LogP contribution in [0.4, 0.5) is 5.82 Å². The first-order valence-corrected chi connectivity index (χ1v) is 11.3. The molecule has 10 heteroatoms. The number of benzene rings is 2. The summed E-state index contributed by atoms with van der Waals surface area (Å²) >= 11 is 0. The molecule has 2 aromatic heterocycles. The summed E-state index contributed by atoms with van der Waals surface area (Å²) in [6, 6.07) is 11.6. The fourth-order valence-corrected chi connectivity index (χ4v) is 3.65. The minimum Gasteiger partial charge on any atom is -0.457 e. The lowest BCUT2D eigenvalue weighted by Crippen LogP contribution is -2.12. The Hall–Kier alpha value is -3.63. The number of nitrogens with one attached hydrogen (secondary N) is 1. The molecule has 3 N–H and O–H groups in total. The van der Waals surface area contributed by atoms with E-state index >= 15 is 0 Å². The molecule has 1 atom stereocenters. The molecular weight excluding hydrogens is 416 g/mol. The fourth-order valence-electron chi connectivity index (χ4n) is 3.05. The number of amides is 1. The Labute approximate surface area is 179 Å². The average molecular weight is 439 g/mol. The highest BCUT2D eigenvalue weighted by Gasteiger charge is 2.16. The molecule has 0 spiro atoms. The van der Waals surface area contributed by atoms with Gasteiger partial charge in [0.1, 0.15) is 11.5 Å². The minimum atomic E-state index is -2.80. The van der Waals surface area contributed by atoms with E-state index in [4.69, 9.17) is 9.88 Å². The quantitative estimate of drug-likeness (QED) is 0.449. The van der Waals surface area contributed by atoms with Crippen LogP contribution in [0.15, 0.2) is 59.8 Å². The molecule has 0 saturated heterocycles. The zero-order valence-corrected chi connectivity index (χ0v) is 17.9. The fraction of sp³-hybridized carbons (Fsp3) is 0.143. The predicted molar refractivity (Wildman–Crippen MR) is 121 cm³/mol. The SMILES string of the molecule is C=S(N)(=O)c1ccc(Oc2cc(C(=O)Nc3ccn(C)n3)cc3nn(CC)cc23)cc1. The van der Waals surface area contributed by atoms with Crippen LogP contribution in [0.3, 0.4) is 0 Å². The molecule has 31 heavy (non-hydrogen) atoms. The average Bonchev–Trinajstić information content (AvgIpc) is 3.33. The van der Waals surface area contributed by atoms with Crippen molar-refractivity contribution in [3.63, 3.8) is 0 Å². The third-order valence-corrected chi connectivity index (χ3v) is 5.70. The second kappa shape index (κ2) is 7.89. The van der Waals surface area contributed by atoms with E-state index in [2.05, 4.69) is 21.4 Å². The Morgan fingerprint density at radius 2 is 1.97 bits per heavy atom. The van der Waals surface area contributed by atoms with Gasteiger partial charge in [-0.1, -0.05) is 0 Å². The van der Waals surface area contributed by atoms with Gasteiger partial charge >= 0.3 is 0 Å². The lowest BCUT2D eigenvalue weighted by molar-refractivity contribution is 0.102. The number of carbonyl (C=O) groups excluding carboxylic acids is 1. The number of hydrogen-bond donors (Lipinski definition) is 2. The van der Waals surface area contributed by atoms with Crippen LogP contribution in [0.5, 0.6) is 11.5 Å². The lowest BCUT2D eigenvalue weighted by Gasteiger charge is -2.10. The van der Waals surface area contributed by atoms with Crippen molar-refractivity contribution in [3.05, 3.63) is 60.4 Å². The van der Waals surface area contributed by atoms with Crippen molar-refractivity contribution in [1.29, 1.82) is 0 Å². The maximum Gasteiger partial charge on any atom is 0.257 e. The summed E-state index contributed by atoms with van der Waals surface area (Å²) in [5, 5.41) is 17.8. The molecule has 1 amide bonds. The molecule has 0 bridgehead atoms. The van der Waals surface area contributed by atoms with Crippen molar-refractivity contribution in [3.8, 4) is 11.5 Å². The van der Waals surface area contributed by atoms with E-state index in [0.29, 0.717) is 39.8 Å². The summed E-state index contributed by atoms with van der Waals surface area (Å²) in [6.07, 6.45) is 3.60. The van der Waals surface area contributed by atoms with Crippen molar-refractivity contribution in [1.82, 2.24) is 19.6 Å². The molecule has 160 valence electrons. The van der Waals surface area contributed by atoms with Gasteiger partial charge in [0.15, 0.2) is 5.82 Å². The highest BCUT2D eigenvalue weighted by atomic mass is 32.2. The van der Waals surface area contributed by atoms with E-state index < -0.39 is 9.71 Å². The van der Waals surface area contributed by atoms with Crippen LogP contribution in [0, 0.1) is 0 Å². The molecule has 0 aliphatic heterocycles. The number of nitrogens with two attached hydrogens (primary N) is 1. The number of carbonyl (C=O) groups is 1. The molecule has 2 heterocycles. The normalized spacial score (nSPS) is 13.1. The van der Waals surface area contributed by atoms with E-state index in [1.807, 2.05) is 13.1 Å². The van der Waals surface area contributed by atoms with Gasteiger partial charge in [0, 0.05) is 42.5 Å². The summed E-state index contributed by atoms with van der Waals surface area (Å²) in [7, 11) is -1.03. The minimum absolute atomic E-state index is 0.327. The number of aromatic nitrogens is 4. The van der Waals surface area contributed by atoms with Gasteiger partial charge in [-0.2, -0.15) is 10.2 Å². The van der Waals surface area contributed by atoms with Crippen LogP contribution in [0.1, 0.15) is 17.3 Å². The van der Waals surface area contributed by atoms with Gasteiger partial charge in [-0.15, -0.1) is 0 Å². The molecule has 0 radical (unpaired) electrons. The van der Waals surface area contributed by atoms with Crippen LogP contribution in [0.2, 0.25) is 0 Å². The van der Waals surface area contributed by atoms with Crippen molar-refractivity contribution in [2.75, 3.05) is 5.32 Å². The third kappa shape index (κ3) is 4.44. The van der Waals surface area contributed by atoms with Gasteiger partial charge < -0.3 is 10.1 Å². The second-order valence-corrected chi connectivity index (χ2v) is 8.94. The Morgan fingerprint density at radius 3 is 2.58 bits per heavy atom. The first-order chi connectivity index (χ1) is 14.7. The van der Waals surface area contributed by atoms with E-state index in [1.165, 1.54) is 0 Å². The third-order valence-electron chi connectivity index (χ3n) is 4.63. The van der Waals surface area contributed by atoms with Gasteiger partial charge in [0.2, 0.25) is 0 Å². The predicted octanol–water partition coefficient (Wildman–Crippen LogP) is 2.78. The van der Waals surface area contributed by atoms with Crippen molar-refractivity contribution in [2.24, 2.45) is 12.2 Å². The van der Waals surface area contributed by atoms with Crippen molar-refractivity contribution < 1.29 is 13.7 Å². The molecular formula is C21H22N6O3S. The van der Waals surface area contributed by atoms with Crippen LogP contribution in [-0.2, 0) is 23.3 Å². The Kier molecular flexibility index (Phi) is 5.25. The second-order valence-electron chi connectivity index (χ2n) is 7.02. The van der Waals surface area contributed by atoms with Crippen molar-refractivity contribution >= 4 is 38.2 Å². The molecule has 9 nitrogen and oxygen atoms in total. The number of rotatable bonds is 6. The number of hydrogen-bond acceptors (Lipinski definition) is 5. The van der Waals surface area contributed by atoms with Crippen molar-refractivity contribution in [2.45, 2.75) is 18.4 Å². The Balaban J connectivity index is 1.70. The molecule has 4 rings (SSSR count). The van der Waals surface area contributed by atoms with Gasteiger partial charge in [-0.25, -0.2) is 4.21 Å². The molecule has 0 aliphatic carbocycles. The summed E-state index contributed by atoms with van der Waals surface area (Å²) in [4.78, 5) is 13.2. The molecule has 4 aromatic rings. The number of fused-ring (bicyclic) bond motifs is 1. The molecule has 0 aliphatic rings. The zero-order chi connectivity index (χ0) is 22.2. The first-order valence-electron chi connectivity index (χ1n) is 9.48. The van der Waals surface area contributed by atoms with E-state index in [1.54, 1.807) is 65.1 Å². The number of aryl methyl sites for hydroxylation is 2. The summed E-state index contributed by atoms with van der Waals surface area (Å²) in [5.74, 6) is 4.57. The lowest BCUT2D eigenvalue weighted by atomic mass is 10.1.